The molecule has 0 aliphatic heterocycles. The summed E-state index contributed by atoms with van der Waals surface area (Å²) < 4.78 is 0. The fourth-order valence-electron chi connectivity index (χ4n) is 3.04. The van der Waals surface area contributed by atoms with Crippen LogP contribution in [0.2, 0.25) is 0 Å². The molecule has 2 atom stereocenters. The third kappa shape index (κ3) is 3.96. The van der Waals surface area contributed by atoms with Gasteiger partial charge in [0, 0.05) is 18.0 Å². The number of hydrogen-bond donors (Lipinski definition) is 4. The van der Waals surface area contributed by atoms with Crippen molar-refractivity contribution >= 4 is 5.91 Å². The second-order valence-electron chi connectivity index (χ2n) is 6.05. The lowest BCUT2D eigenvalue weighted by Gasteiger charge is -2.31. The lowest BCUT2D eigenvalue weighted by molar-refractivity contribution is 0.0278. The van der Waals surface area contributed by atoms with Crippen molar-refractivity contribution in [3.8, 4) is 0 Å². The molecule has 1 fully saturated rings. The second-order valence-corrected chi connectivity index (χ2v) is 6.05. The highest BCUT2D eigenvalue weighted by atomic mass is 16.3. The monoisotopic (exact) mass is 308 g/mol. The first-order valence-corrected chi connectivity index (χ1v) is 7.82. The third-order valence-electron chi connectivity index (χ3n) is 4.36. The van der Waals surface area contributed by atoms with Crippen molar-refractivity contribution in [3.63, 3.8) is 0 Å². The molecule has 0 saturated heterocycles. The Bertz CT molecular complexity index is 564. The summed E-state index contributed by atoms with van der Waals surface area (Å²) in [5.74, 6) is -0.488. The van der Waals surface area contributed by atoms with Crippen LogP contribution in [-0.4, -0.2) is 39.9 Å². The molecule has 22 heavy (non-hydrogen) atoms. The number of aryl methyl sites for hydroxylation is 1. The van der Waals surface area contributed by atoms with Crippen LogP contribution in [0.4, 0.5) is 0 Å². The molecule has 122 valence electrons. The normalized spacial score (nSPS) is 18.7. The number of amides is 1. The summed E-state index contributed by atoms with van der Waals surface area (Å²) in [7, 11) is 0. The van der Waals surface area contributed by atoms with Gasteiger partial charge in [-0.1, -0.05) is 19.3 Å². The van der Waals surface area contributed by atoms with E-state index in [1.807, 2.05) is 0 Å². The Morgan fingerprint density at radius 3 is 2.68 bits per heavy atom. The summed E-state index contributed by atoms with van der Waals surface area (Å²) in [4.78, 5) is 26.8. The lowest BCUT2D eigenvalue weighted by Crippen LogP contribution is -2.49. The molecule has 1 amide bonds. The van der Waals surface area contributed by atoms with Crippen molar-refractivity contribution in [2.75, 3.05) is 6.61 Å². The molecular weight excluding hydrogens is 284 g/mol. The van der Waals surface area contributed by atoms with Gasteiger partial charge >= 0.3 is 0 Å². The molecule has 1 aliphatic carbocycles. The summed E-state index contributed by atoms with van der Waals surface area (Å²) in [5, 5.41) is 22.4. The maximum atomic E-state index is 12.2. The fraction of sp³-hybridized carbons (Fsp3) is 0.625. The molecule has 1 aromatic rings. The van der Waals surface area contributed by atoms with Gasteiger partial charge in [0.2, 0.25) is 0 Å². The number of nitrogens with one attached hydrogen (secondary N) is 2. The molecule has 6 heteroatoms. The predicted molar refractivity (Wildman–Crippen MR) is 82.7 cm³/mol. The minimum Gasteiger partial charge on any atom is -0.394 e. The van der Waals surface area contributed by atoms with Gasteiger partial charge < -0.3 is 20.5 Å². The minimum absolute atomic E-state index is 0.0140. The molecule has 1 aliphatic rings. The number of aromatic amines is 1. The average molecular weight is 308 g/mol. The van der Waals surface area contributed by atoms with Crippen molar-refractivity contribution in [3.05, 3.63) is 33.7 Å². The Labute approximate surface area is 129 Å². The number of aromatic nitrogens is 1. The number of carbonyl (C=O) groups excluding carboxylic acids is 1. The van der Waals surface area contributed by atoms with Crippen LogP contribution in [0.5, 0.6) is 0 Å². The Hall–Kier alpha value is -1.66. The van der Waals surface area contributed by atoms with Crippen molar-refractivity contribution in [2.24, 2.45) is 5.92 Å². The van der Waals surface area contributed by atoms with Crippen LogP contribution in [0.3, 0.4) is 0 Å². The van der Waals surface area contributed by atoms with E-state index >= 15 is 0 Å². The van der Waals surface area contributed by atoms with Crippen molar-refractivity contribution < 1.29 is 15.0 Å². The van der Waals surface area contributed by atoms with E-state index in [0.29, 0.717) is 5.69 Å². The fourth-order valence-corrected chi connectivity index (χ4v) is 3.04. The number of rotatable bonds is 5. The lowest BCUT2D eigenvalue weighted by atomic mass is 9.82. The zero-order chi connectivity index (χ0) is 16.1. The number of aliphatic hydroxyl groups is 2. The van der Waals surface area contributed by atoms with Gasteiger partial charge in [-0.2, -0.15) is 0 Å². The summed E-state index contributed by atoms with van der Waals surface area (Å²) in [5.41, 5.74) is 0.278. The van der Waals surface area contributed by atoms with Crippen LogP contribution in [0.25, 0.3) is 0 Å². The number of carbonyl (C=O) groups is 1. The van der Waals surface area contributed by atoms with Gasteiger partial charge in [0.1, 0.15) is 5.56 Å². The van der Waals surface area contributed by atoms with Gasteiger partial charge in [-0.25, -0.2) is 0 Å². The summed E-state index contributed by atoms with van der Waals surface area (Å²) >= 11 is 0. The molecular formula is C16H24N2O4. The van der Waals surface area contributed by atoms with E-state index in [2.05, 4.69) is 10.3 Å². The molecule has 1 saturated carbocycles. The number of H-pyrrole nitrogens is 1. The van der Waals surface area contributed by atoms with Crippen LogP contribution >= 0.6 is 0 Å². The Balaban J connectivity index is 2.05. The van der Waals surface area contributed by atoms with Crippen LogP contribution in [0.15, 0.2) is 17.1 Å². The number of hydrogen-bond acceptors (Lipinski definition) is 4. The number of pyridine rings is 1. The van der Waals surface area contributed by atoms with Crippen molar-refractivity contribution in [1.82, 2.24) is 10.3 Å². The van der Waals surface area contributed by atoms with Crippen LogP contribution in [0.1, 0.15) is 48.2 Å². The highest BCUT2D eigenvalue weighted by Crippen LogP contribution is 2.27. The van der Waals surface area contributed by atoms with Crippen molar-refractivity contribution in [2.45, 2.75) is 51.2 Å². The SMILES string of the molecule is Cc1cc(=O)c(C(=O)NC(CO)C(O)C2CCCCC2)c[nH]1. The molecule has 0 bridgehead atoms. The molecule has 4 N–H and O–H groups in total. The first-order chi connectivity index (χ1) is 10.5. The van der Waals surface area contributed by atoms with Gasteiger partial charge in [-0.3, -0.25) is 9.59 Å². The maximum absolute atomic E-state index is 12.2. The summed E-state index contributed by atoms with van der Waals surface area (Å²) in [6, 6.07) is 0.594. The summed E-state index contributed by atoms with van der Waals surface area (Å²) in [6.45, 7) is 1.37. The van der Waals surface area contributed by atoms with Gasteiger partial charge in [0.25, 0.3) is 5.91 Å². The van der Waals surface area contributed by atoms with Crippen LogP contribution in [0, 0.1) is 12.8 Å². The third-order valence-corrected chi connectivity index (χ3v) is 4.36. The van der Waals surface area contributed by atoms with E-state index in [1.54, 1.807) is 6.92 Å². The first kappa shape index (κ1) is 16.7. The van der Waals surface area contributed by atoms with Crippen LogP contribution in [-0.2, 0) is 0 Å². The topological polar surface area (TPSA) is 102 Å². The van der Waals surface area contributed by atoms with Crippen molar-refractivity contribution in [1.29, 1.82) is 0 Å². The minimum atomic E-state index is -0.793. The Morgan fingerprint density at radius 1 is 1.41 bits per heavy atom. The van der Waals surface area contributed by atoms with E-state index in [9.17, 15) is 19.8 Å². The highest BCUT2D eigenvalue weighted by Gasteiger charge is 2.30. The smallest absolute Gasteiger partial charge is 0.257 e. The Morgan fingerprint density at radius 2 is 2.09 bits per heavy atom. The Kier molecular flexibility index (Phi) is 5.74. The first-order valence-electron chi connectivity index (χ1n) is 7.82. The molecule has 2 unspecified atom stereocenters. The zero-order valence-electron chi connectivity index (χ0n) is 12.8. The predicted octanol–water partition coefficient (Wildman–Crippen LogP) is 0.715. The average Bonchev–Trinajstić information content (AvgIpc) is 2.52. The van der Waals surface area contributed by atoms with E-state index in [1.165, 1.54) is 12.3 Å². The summed E-state index contributed by atoms with van der Waals surface area (Å²) in [6.07, 6.45) is 5.65. The zero-order valence-corrected chi connectivity index (χ0v) is 12.8. The van der Waals surface area contributed by atoms with E-state index in [4.69, 9.17) is 0 Å². The molecule has 6 nitrogen and oxygen atoms in total. The molecule has 0 spiro atoms. The maximum Gasteiger partial charge on any atom is 0.257 e. The highest BCUT2D eigenvalue weighted by molar-refractivity contribution is 5.94. The van der Waals surface area contributed by atoms with Gasteiger partial charge in [-0.15, -0.1) is 0 Å². The van der Waals surface area contributed by atoms with E-state index < -0.39 is 18.1 Å². The molecule has 0 radical (unpaired) electrons. The van der Waals surface area contributed by atoms with E-state index in [0.717, 1.165) is 32.1 Å². The molecule has 2 rings (SSSR count). The number of aliphatic hydroxyl groups excluding tert-OH is 2. The van der Waals surface area contributed by atoms with Crippen LogP contribution < -0.4 is 10.7 Å². The van der Waals surface area contributed by atoms with Gasteiger partial charge in [0.15, 0.2) is 5.43 Å². The van der Waals surface area contributed by atoms with E-state index in [-0.39, 0.29) is 23.5 Å². The standard InChI is InChI=1S/C16H24N2O4/c1-10-7-14(20)12(8-17-10)16(22)18-13(9-19)15(21)11-5-3-2-4-6-11/h7-8,11,13,15,19,21H,2-6,9H2,1H3,(H,17,20)(H,18,22). The molecule has 1 heterocycles. The molecule has 1 aromatic heterocycles. The largest absolute Gasteiger partial charge is 0.394 e. The van der Waals surface area contributed by atoms with Gasteiger partial charge in [-0.05, 0) is 25.7 Å². The second kappa shape index (κ2) is 7.56. The molecule has 0 aromatic carbocycles. The van der Waals surface area contributed by atoms with Gasteiger partial charge in [0.05, 0.1) is 18.8 Å². The quantitative estimate of drug-likeness (QED) is 0.643.